The van der Waals surface area contributed by atoms with Crippen LogP contribution in [-0.2, 0) is 17.7 Å². The number of hydrogen-bond acceptors (Lipinski definition) is 6. The van der Waals surface area contributed by atoms with E-state index in [1.54, 1.807) is 0 Å². The van der Waals surface area contributed by atoms with E-state index in [1.165, 1.54) is 16.8 Å². The van der Waals surface area contributed by atoms with E-state index in [0.717, 1.165) is 61.1 Å². The maximum Gasteiger partial charge on any atom is 0.156 e. The molecule has 1 saturated heterocycles. The normalized spacial score (nSPS) is 15.3. The van der Waals surface area contributed by atoms with Gasteiger partial charge in [-0.15, -0.1) is 0 Å². The molecule has 0 unspecified atom stereocenters. The van der Waals surface area contributed by atoms with Crippen LogP contribution in [0.4, 0.5) is 5.69 Å². The van der Waals surface area contributed by atoms with Crippen molar-refractivity contribution in [2.24, 2.45) is 0 Å². The van der Waals surface area contributed by atoms with Crippen LogP contribution in [0.3, 0.4) is 0 Å². The zero-order chi connectivity index (χ0) is 23.6. The van der Waals surface area contributed by atoms with Crippen molar-refractivity contribution in [3.63, 3.8) is 0 Å². The van der Waals surface area contributed by atoms with Crippen LogP contribution in [0.1, 0.15) is 23.2 Å². The Morgan fingerprint density at radius 1 is 1.03 bits per heavy atom. The van der Waals surface area contributed by atoms with Gasteiger partial charge < -0.3 is 14.7 Å². The summed E-state index contributed by atoms with van der Waals surface area (Å²) in [6.07, 6.45) is 9.63. The first kappa shape index (κ1) is 21.8. The van der Waals surface area contributed by atoms with Crippen LogP contribution in [-0.4, -0.2) is 62.6 Å². The van der Waals surface area contributed by atoms with Gasteiger partial charge in [-0.2, -0.15) is 10.2 Å². The molecule has 6 rings (SSSR count). The third-order valence-electron chi connectivity index (χ3n) is 6.59. The topological polar surface area (TPSA) is 81.2 Å². The zero-order valence-electron chi connectivity index (χ0n) is 19.5. The lowest BCUT2D eigenvalue weighted by Crippen LogP contribution is -2.37. The third kappa shape index (κ3) is 4.38. The van der Waals surface area contributed by atoms with Crippen LogP contribution in [0.5, 0.6) is 0 Å². The average molecular weight is 469 g/mol. The molecule has 0 spiro atoms. The molecule has 3 aromatic heterocycles. The molecule has 0 amide bonds. The van der Waals surface area contributed by atoms with Crippen molar-refractivity contribution < 1.29 is 9.84 Å². The minimum Gasteiger partial charge on any atom is -0.396 e. The Morgan fingerprint density at radius 3 is 2.71 bits per heavy atom. The minimum absolute atomic E-state index is 0.165. The molecule has 1 fully saturated rings. The molecule has 1 N–H and O–H groups in total. The predicted molar refractivity (Wildman–Crippen MR) is 135 cm³/mol. The Hall–Kier alpha value is -3.75. The maximum absolute atomic E-state index is 9.12. The minimum atomic E-state index is 0.165. The average Bonchev–Trinajstić information content (AvgIpc) is 3.67. The van der Waals surface area contributed by atoms with Crippen LogP contribution >= 0.6 is 0 Å². The number of fused-ring (bicyclic) bond motifs is 1. The highest BCUT2D eigenvalue weighted by Gasteiger charge is 2.25. The molecule has 8 heteroatoms. The molecule has 178 valence electrons. The number of rotatable bonds is 7. The lowest BCUT2D eigenvalue weighted by molar-refractivity contribution is 0.122. The fraction of sp³-hybridized carbons (Fsp3) is 0.296. The lowest BCUT2D eigenvalue weighted by Gasteiger charge is -2.31. The Bertz CT molecular complexity index is 1350. The number of benzene rings is 1. The van der Waals surface area contributed by atoms with Crippen molar-refractivity contribution in [2.45, 2.75) is 19.4 Å². The van der Waals surface area contributed by atoms with Crippen LogP contribution in [0.25, 0.3) is 28.7 Å². The molecule has 1 aliphatic heterocycles. The summed E-state index contributed by atoms with van der Waals surface area (Å²) in [5.41, 5.74) is 7.74. The number of hydrogen-bond donors (Lipinski definition) is 1. The Labute approximate surface area is 204 Å². The number of nitrogens with zero attached hydrogens (tertiary/aromatic N) is 6. The number of aryl methyl sites for hydroxylation is 1. The van der Waals surface area contributed by atoms with E-state index in [4.69, 9.17) is 19.9 Å². The number of aromatic nitrogens is 5. The van der Waals surface area contributed by atoms with Crippen LogP contribution in [0.2, 0.25) is 0 Å². The van der Waals surface area contributed by atoms with E-state index in [9.17, 15) is 0 Å². The van der Waals surface area contributed by atoms with Crippen LogP contribution in [0.15, 0.2) is 61.1 Å². The number of aliphatic hydroxyl groups excluding tert-OH is 1. The second-order valence-corrected chi connectivity index (χ2v) is 8.89. The summed E-state index contributed by atoms with van der Waals surface area (Å²) < 4.78 is 9.38. The highest BCUT2D eigenvalue weighted by atomic mass is 16.5. The Morgan fingerprint density at radius 2 is 1.89 bits per heavy atom. The number of pyridine rings is 1. The maximum atomic E-state index is 9.12. The molecule has 4 aromatic rings. The molecular weight excluding hydrogens is 440 g/mol. The van der Waals surface area contributed by atoms with Gasteiger partial charge in [-0.3, -0.25) is 4.68 Å². The van der Waals surface area contributed by atoms with Crippen molar-refractivity contribution >= 4 is 17.3 Å². The van der Waals surface area contributed by atoms with Gasteiger partial charge in [0.25, 0.3) is 0 Å². The highest BCUT2D eigenvalue weighted by molar-refractivity contribution is 5.90. The van der Waals surface area contributed by atoms with E-state index < -0.39 is 0 Å². The van der Waals surface area contributed by atoms with Gasteiger partial charge >= 0.3 is 0 Å². The predicted octanol–water partition coefficient (Wildman–Crippen LogP) is 3.45. The van der Waals surface area contributed by atoms with Gasteiger partial charge in [-0.25, -0.2) is 9.67 Å². The van der Waals surface area contributed by atoms with Crippen molar-refractivity contribution in [3.8, 4) is 17.1 Å². The SMILES string of the molecule is OCCCn1cc(C2=Cc3nc(-n4ccc(-c5ccccc5)n4)cc(N4CCOCC4)c3C2)cn1. The summed E-state index contributed by atoms with van der Waals surface area (Å²) in [5.74, 6) is 0.809. The molecule has 4 heterocycles. The second-order valence-electron chi connectivity index (χ2n) is 8.89. The van der Waals surface area contributed by atoms with Gasteiger partial charge in [0.15, 0.2) is 5.82 Å². The first-order valence-electron chi connectivity index (χ1n) is 12.1. The quantitative estimate of drug-likeness (QED) is 0.448. The number of morpholine rings is 1. The van der Waals surface area contributed by atoms with Gasteiger partial charge in [0.05, 0.1) is 30.8 Å². The van der Waals surface area contributed by atoms with E-state index >= 15 is 0 Å². The fourth-order valence-electron chi connectivity index (χ4n) is 4.76. The second kappa shape index (κ2) is 9.48. The molecule has 35 heavy (non-hydrogen) atoms. The van der Waals surface area contributed by atoms with Crippen LogP contribution in [0, 0.1) is 0 Å². The lowest BCUT2D eigenvalue weighted by atomic mass is 10.1. The van der Waals surface area contributed by atoms with E-state index in [0.29, 0.717) is 13.0 Å². The molecular formula is C27H28N6O2. The molecule has 0 atom stereocenters. The summed E-state index contributed by atoms with van der Waals surface area (Å²) >= 11 is 0. The highest BCUT2D eigenvalue weighted by Crippen LogP contribution is 2.38. The summed E-state index contributed by atoms with van der Waals surface area (Å²) in [6.45, 7) is 4.05. The van der Waals surface area contributed by atoms with Gasteiger partial charge in [0.1, 0.15) is 0 Å². The van der Waals surface area contributed by atoms with Crippen LogP contribution < -0.4 is 4.90 Å². The monoisotopic (exact) mass is 468 g/mol. The number of anilines is 1. The Kier molecular flexibility index (Phi) is 5.89. The van der Waals surface area contributed by atoms with E-state index in [-0.39, 0.29) is 6.61 Å². The summed E-state index contributed by atoms with van der Waals surface area (Å²) in [5, 5.41) is 18.4. The number of aliphatic hydroxyl groups is 1. The smallest absolute Gasteiger partial charge is 0.156 e. The zero-order valence-corrected chi connectivity index (χ0v) is 19.5. The molecule has 0 saturated carbocycles. The van der Waals surface area contributed by atoms with E-state index in [1.807, 2.05) is 46.0 Å². The van der Waals surface area contributed by atoms with Gasteiger partial charge in [-0.05, 0) is 24.1 Å². The summed E-state index contributed by atoms with van der Waals surface area (Å²) in [6, 6.07) is 14.4. The first-order valence-corrected chi connectivity index (χ1v) is 12.1. The summed E-state index contributed by atoms with van der Waals surface area (Å²) in [4.78, 5) is 7.42. The first-order chi connectivity index (χ1) is 17.3. The fourth-order valence-corrected chi connectivity index (χ4v) is 4.76. The van der Waals surface area contributed by atoms with Crippen molar-refractivity contribution in [2.75, 3.05) is 37.8 Å². The van der Waals surface area contributed by atoms with E-state index in [2.05, 4.69) is 40.5 Å². The third-order valence-corrected chi connectivity index (χ3v) is 6.59. The largest absolute Gasteiger partial charge is 0.396 e. The molecule has 0 radical (unpaired) electrons. The molecule has 1 aliphatic carbocycles. The standard InChI is InChI=1S/C27H28N6O2/c34-12-4-8-32-19-22(18-28-32)21-15-23-25(16-21)29-27(17-26(23)31-10-13-35-14-11-31)33-9-7-24(30-33)20-5-2-1-3-6-20/h1-3,5-7,9,16-19,34H,4,8,10-15H2. The van der Waals surface area contributed by atoms with Gasteiger partial charge in [0.2, 0.25) is 0 Å². The molecule has 1 aromatic carbocycles. The van der Waals surface area contributed by atoms with Crippen molar-refractivity contribution in [1.29, 1.82) is 0 Å². The van der Waals surface area contributed by atoms with Gasteiger partial charge in [0, 0.05) is 73.5 Å². The van der Waals surface area contributed by atoms with Crippen molar-refractivity contribution in [3.05, 3.63) is 77.9 Å². The summed E-state index contributed by atoms with van der Waals surface area (Å²) in [7, 11) is 0. The molecule has 2 aliphatic rings. The van der Waals surface area contributed by atoms with Crippen molar-refractivity contribution in [1.82, 2.24) is 24.5 Å². The number of ether oxygens (including phenoxy) is 1. The van der Waals surface area contributed by atoms with Gasteiger partial charge in [-0.1, -0.05) is 30.3 Å². The Balaban J connectivity index is 1.37. The molecule has 8 nitrogen and oxygen atoms in total. The number of allylic oxidation sites excluding steroid dienone is 1. The molecule has 0 bridgehead atoms.